The lowest BCUT2D eigenvalue weighted by Gasteiger charge is -2.46. The maximum absolute atomic E-state index is 14.1. The molecule has 7 nitrogen and oxygen atoms in total. The van der Waals surface area contributed by atoms with Crippen molar-refractivity contribution >= 4 is 10.9 Å². The first-order valence-electron chi connectivity index (χ1n) is 15.2. The van der Waals surface area contributed by atoms with Crippen LogP contribution in [0.15, 0.2) is 97.3 Å². The minimum absolute atomic E-state index is 0.0503. The fourth-order valence-electron chi connectivity index (χ4n) is 7.05. The predicted octanol–water partition coefficient (Wildman–Crippen LogP) is 7.33. The van der Waals surface area contributed by atoms with Crippen LogP contribution in [0.3, 0.4) is 0 Å². The predicted molar refractivity (Wildman–Crippen MR) is 171 cm³/mol. The van der Waals surface area contributed by atoms with Crippen LogP contribution in [0, 0.1) is 5.82 Å². The number of nitrogens with zero attached hydrogens (tertiary/aromatic N) is 3. The Morgan fingerprint density at radius 2 is 1.78 bits per heavy atom. The molecule has 0 radical (unpaired) electrons. The number of fused-ring (bicyclic) bond motifs is 6. The number of halogens is 1. The highest BCUT2D eigenvalue weighted by atomic mass is 19.1. The van der Waals surface area contributed by atoms with E-state index in [1.165, 1.54) is 16.7 Å². The zero-order valence-corrected chi connectivity index (χ0v) is 25.2. The van der Waals surface area contributed by atoms with Crippen LogP contribution in [0.4, 0.5) is 4.39 Å². The smallest absolute Gasteiger partial charge is 0.162 e. The van der Waals surface area contributed by atoms with Crippen LogP contribution in [0.1, 0.15) is 45.6 Å². The molecule has 2 unspecified atom stereocenters. The molecule has 2 aromatic heterocycles. The van der Waals surface area contributed by atoms with Crippen molar-refractivity contribution in [3.8, 4) is 22.9 Å². The van der Waals surface area contributed by atoms with Crippen molar-refractivity contribution in [1.29, 1.82) is 0 Å². The number of hydrogen-bond donors (Lipinski definition) is 1. The Morgan fingerprint density at radius 3 is 2.53 bits per heavy atom. The van der Waals surface area contributed by atoms with Gasteiger partial charge in [0.15, 0.2) is 11.5 Å². The second-order valence-electron chi connectivity index (χ2n) is 11.7. The number of methoxy groups -OCH3 is 2. The summed E-state index contributed by atoms with van der Waals surface area (Å²) in [5.41, 5.74) is 9.12. The normalized spacial score (nSPS) is 17.4. The van der Waals surface area contributed by atoms with Crippen LogP contribution < -0.4 is 14.2 Å². The van der Waals surface area contributed by atoms with Gasteiger partial charge in [-0.3, -0.25) is 4.90 Å². The molecule has 45 heavy (non-hydrogen) atoms. The molecule has 0 saturated carbocycles. The minimum Gasteiger partial charge on any atom is -0.497 e. The van der Waals surface area contributed by atoms with Gasteiger partial charge in [0.25, 0.3) is 0 Å². The highest BCUT2D eigenvalue weighted by molar-refractivity contribution is 5.87. The van der Waals surface area contributed by atoms with Gasteiger partial charge < -0.3 is 19.2 Å². The van der Waals surface area contributed by atoms with Crippen LogP contribution >= 0.6 is 0 Å². The Bertz CT molecular complexity index is 1980. The van der Waals surface area contributed by atoms with Crippen molar-refractivity contribution in [2.24, 2.45) is 0 Å². The van der Waals surface area contributed by atoms with E-state index < -0.39 is 0 Å². The van der Waals surface area contributed by atoms with E-state index in [1.807, 2.05) is 47.3 Å². The molecule has 8 heteroatoms. The summed E-state index contributed by atoms with van der Waals surface area (Å²) in [7, 11) is 3.39. The number of aromatic nitrogens is 3. The van der Waals surface area contributed by atoms with E-state index in [4.69, 9.17) is 14.2 Å². The molecular weight excluding hydrogens is 567 g/mol. The minimum atomic E-state index is -0.235. The Labute approximate surface area is 260 Å². The number of benzene rings is 4. The fourth-order valence-corrected chi connectivity index (χ4v) is 7.05. The van der Waals surface area contributed by atoms with Gasteiger partial charge in [-0.15, -0.1) is 0 Å². The molecule has 2 aliphatic rings. The molecule has 4 aromatic carbocycles. The molecule has 0 saturated heterocycles. The summed E-state index contributed by atoms with van der Waals surface area (Å²) in [6, 6.07) is 27.6. The molecule has 4 heterocycles. The van der Waals surface area contributed by atoms with E-state index in [1.54, 1.807) is 32.5 Å². The van der Waals surface area contributed by atoms with E-state index >= 15 is 0 Å². The van der Waals surface area contributed by atoms with E-state index in [-0.39, 0.29) is 17.9 Å². The average molecular weight is 601 g/mol. The van der Waals surface area contributed by atoms with Gasteiger partial charge in [-0.25, -0.2) is 9.07 Å². The van der Waals surface area contributed by atoms with Gasteiger partial charge in [0.05, 0.1) is 25.9 Å². The van der Waals surface area contributed by atoms with Crippen molar-refractivity contribution in [3.63, 3.8) is 0 Å². The van der Waals surface area contributed by atoms with Gasteiger partial charge in [0, 0.05) is 41.6 Å². The topological polar surface area (TPSA) is 64.5 Å². The molecule has 0 amide bonds. The summed E-state index contributed by atoms with van der Waals surface area (Å²) in [5.74, 6) is 2.05. The molecule has 0 bridgehead atoms. The molecule has 226 valence electrons. The highest BCUT2D eigenvalue weighted by Gasteiger charge is 2.41. The van der Waals surface area contributed by atoms with Gasteiger partial charge >= 0.3 is 0 Å². The van der Waals surface area contributed by atoms with Crippen LogP contribution in [0.25, 0.3) is 16.6 Å². The van der Waals surface area contributed by atoms with Crippen LogP contribution in [-0.2, 0) is 19.4 Å². The van der Waals surface area contributed by atoms with Crippen LogP contribution in [-0.4, -0.2) is 40.4 Å². The SMILES string of the molecule is COc1ccc2[nH]c3c(c2c1)CC1c2cc(OCc4ccc(-n5cccn5)cc4)c(OC)cc2CCN1C3c1ccc(F)cc1. The molecular formula is C37H33FN4O3. The third kappa shape index (κ3) is 4.82. The van der Waals surface area contributed by atoms with Crippen molar-refractivity contribution in [1.82, 2.24) is 19.7 Å². The molecule has 0 fully saturated rings. The Balaban J connectivity index is 1.17. The summed E-state index contributed by atoms with van der Waals surface area (Å²) in [4.78, 5) is 6.28. The standard InChI is InChI=1S/C37H33FN4O3/c1-43-28-12-13-32-30(19-28)31-20-33-29-21-35(45-22-23-4-10-27(11-5-23)42-16-3-15-39-42)34(44-2)18-25(29)14-17-41(33)37(36(31)40-32)24-6-8-26(38)9-7-24/h3-13,15-16,18-19,21,33,37,40H,14,17,20,22H2,1-2H3. The molecule has 1 N–H and O–H groups in total. The first-order valence-corrected chi connectivity index (χ1v) is 15.2. The number of ether oxygens (including phenoxy) is 3. The Morgan fingerprint density at radius 1 is 0.933 bits per heavy atom. The summed E-state index contributed by atoms with van der Waals surface area (Å²) in [6.07, 6.45) is 5.39. The van der Waals surface area contributed by atoms with Gasteiger partial charge in [0.1, 0.15) is 18.2 Å². The van der Waals surface area contributed by atoms with Gasteiger partial charge in [-0.1, -0.05) is 24.3 Å². The van der Waals surface area contributed by atoms with Crippen molar-refractivity contribution in [3.05, 3.63) is 137 Å². The molecule has 2 atom stereocenters. The zero-order chi connectivity index (χ0) is 30.5. The maximum Gasteiger partial charge on any atom is 0.162 e. The van der Waals surface area contributed by atoms with Crippen LogP contribution in [0.2, 0.25) is 0 Å². The summed E-state index contributed by atoms with van der Waals surface area (Å²) in [6.45, 7) is 1.28. The van der Waals surface area contributed by atoms with Crippen LogP contribution in [0.5, 0.6) is 17.2 Å². The van der Waals surface area contributed by atoms with Crippen molar-refractivity contribution < 1.29 is 18.6 Å². The first-order chi connectivity index (χ1) is 22.1. The van der Waals surface area contributed by atoms with Crippen molar-refractivity contribution in [2.75, 3.05) is 20.8 Å². The van der Waals surface area contributed by atoms with Gasteiger partial charge in [-0.05, 0) is 101 Å². The third-order valence-corrected chi connectivity index (χ3v) is 9.26. The zero-order valence-electron chi connectivity index (χ0n) is 25.2. The monoisotopic (exact) mass is 600 g/mol. The fraction of sp³-hybridized carbons (Fsp3) is 0.216. The summed E-state index contributed by atoms with van der Waals surface area (Å²) < 4.78 is 33.8. The van der Waals surface area contributed by atoms with Gasteiger partial charge in [-0.2, -0.15) is 5.10 Å². The number of nitrogens with one attached hydrogen (secondary N) is 1. The van der Waals surface area contributed by atoms with E-state index in [0.29, 0.717) is 6.61 Å². The number of H-pyrrole nitrogens is 1. The summed E-state index contributed by atoms with van der Waals surface area (Å²) >= 11 is 0. The lowest BCUT2D eigenvalue weighted by atomic mass is 9.80. The maximum atomic E-state index is 14.1. The number of hydrogen-bond acceptors (Lipinski definition) is 5. The largest absolute Gasteiger partial charge is 0.497 e. The lowest BCUT2D eigenvalue weighted by Crippen LogP contribution is -2.43. The first kappa shape index (κ1) is 27.5. The second kappa shape index (κ2) is 11.1. The Hall–Kier alpha value is -5.08. The van der Waals surface area contributed by atoms with E-state index in [9.17, 15) is 4.39 Å². The van der Waals surface area contributed by atoms with E-state index in [2.05, 4.69) is 51.4 Å². The molecule has 8 rings (SSSR count). The molecule has 2 aliphatic heterocycles. The highest BCUT2D eigenvalue weighted by Crippen LogP contribution is 2.50. The molecule has 0 aliphatic carbocycles. The molecule has 6 aromatic rings. The lowest BCUT2D eigenvalue weighted by molar-refractivity contribution is 0.127. The average Bonchev–Trinajstić information content (AvgIpc) is 3.75. The van der Waals surface area contributed by atoms with Gasteiger partial charge in [0.2, 0.25) is 0 Å². The summed E-state index contributed by atoms with van der Waals surface area (Å²) in [5, 5.41) is 5.47. The molecule has 0 spiro atoms. The van der Waals surface area contributed by atoms with Crippen molar-refractivity contribution in [2.45, 2.75) is 31.5 Å². The third-order valence-electron chi connectivity index (χ3n) is 9.26. The second-order valence-corrected chi connectivity index (χ2v) is 11.7. The van der Waals surface area contributed by atoms with E-state index in [0.717, 1.165) is 70.0 Å². The number of aromatic amines is 1. The quantitative estimate of drug-likeness (QED) is 0.208. The number of rotatable bonds is 7. The Kier molecular flexibility index (Phi) is 6.79.